The number of rotatable bonds is 2. The summed E-state index contributed by atoms with van der Waals surface area (Å²) in [6, 6.07) is 17.6. The monoisotopic (exact) mass is 285 g/mol. The zero-order chi connectivity index (χ0) is 13.9. The number of nitrogens with zero attached hydrogens (tertiary/aromatic N) is 1. The quantitative estimate of drug-likeness (QED) is 0.805. The molecule has 3 heteroatoms. The number of hydrogen-bond acceptors (Lipinski definition) is 1. The van der Waals surface area contributed by atoms with Crippen LogP contribution in [0.1, 0.15) is 34.8 Å². The third-order valence-corrected chi connectivity index (χ3v) is 4.04. The maximum Gasteiger partial charge on any atom is 0.254 e. The zero-order valence-electron chi connectivity index (χ0n) is 11.1. The van der Waals surface area contributed by atoms with E-state index in [9.17, 15) is 4.79 Å². The highest BCUT2D eigenvalue weighted by Gasteiger charge is 2.30. The van der Waals surface area contributed by atoms with Gasteiger partial charge in [-0.15, -0.1) is 0 Å². The van der Waals surface area contributed by atoms with E-state index in [1.165, 1.54) is 5.56 Å². The molecule has 3 rings (SSSR count). The minimum Gasteiger partial charge on any atom is -0.332 e. The Morgan fingerprint density at radius 2 is 1.75 bits per heavy atom. The lowest BCUT2D eigenvalue weighted by molar-refractivity contribution is 0.0735. The van der Waals surface area contributed by atoms with Crippen LogP contribution in [0.2, 0.25) is 5.02 Å². The number of likely N-dealkylation sites (tertiary alicyclic amines) is 1. The van der Waals surface area contributed by atoms with Gasteiger partial charge in [0.25, 0.3) is 5.91 Å². The van der Waals surface area contributed by atoms with E-state index in [4.69, 9.17) is 11.6 Å². The molecule has 0 N–H and O–H groups in total. The molecule has 20 heavy (non-hydrogen) atoms. The predicted octanol–water partition coefficient (Wildman–Crippen LogP) is 4.32. The van der Waals surface area contributed by atoms with E-state index in [-0.39, 0.29) is 11.9 Å². The van der Waals surface area contributed by atoms with Gasteiger partial charge in [-0.05, 0) is 42.7 Å². The smallest absolute Gasteiger partial charge is 0.254 e. The number of halogens is 1. The Hall–Kier alpha value is -1.80. The number of hydrogen-bond donors (Lipinski definition) is 0. The van der Waals surface area contributed by atoms with Gasteiger partial charge in [0.05, 0.1) is 6.04 Å². The first-order chi connectivity index (χ1) is 9.75. The highest BCUT2D eigenvalue weighted by atomic mass is 35.5. The van der Waals surface area contributed by atoms with E-state index in [0.717, 1.165) is 19.4 Å². The Morgan fingerprint density at radius 1 is 1.05 bits per heavy atom. The first-order valence-electron chi connectivity index (χ1n) is 6.87. The van der Waals surface area contributed by atoms with Crippen LogP contribution in [0.15, 0.2) is 54.6 Å². The number of benzene rings is 2. The summed E-state index contributed by atoms with van der Waals surface area (Å²) >= 11 is 5.88. The van der Waals surface area contributed by atoms with Crippen molar-refractivity contribution in [1.82, 2.24) is 4.90 Å². The van der Waals surface area contributed by atoms with Crippen molar-refractivity contribution >= 4 is 17.5 Å². The third kappa shape index (κ3) is 2.56. The van der Waals surface area contributed by atoms with Crippen LogP contribution in [0.4, 0.5) is 0 Å². The van der Waals surface area contributed by atoms with E-state index in [1.54, 1.807) is 24.3 Å². The molecule has 2 aromatic carbocycles. The first kappa shape index (κ1) is 13.2. The van der Waals surface area contributed by atoms with Gasteiger partial charge in [-0.3, -0.25) is 4.79 Å². The van der Waals surface area contributed by atoms with Gasteiger partial charge in [-0.2, -0.15) is 0 Å². The van der Waals surface area contributed by atoms with Crippen LogP contribution >= 0.6 is 11.6 Å². The molecule has 0 unspecified atom stereocenters. The Bertz CT molecular complexity index is 594. The predicted molar refractivity (Wildman–Crippen MR) is 80.9 cm³/mol. The Kier molecular flexibility index (Phi) is 3.75. The average molecular weight is 286 g/mol. The summed E-state index contributed by atoms with van der Waals surface area (Å²) in [5.74, 6) is 0.0908. The van der Waals surface area contributed by atoms with Crippen molar-refractivity contribution in [3.63, 3.8) is 0 Å². The SMILES string of the molecule is O=C(c1ccc(Cl)cc1)N1CCC[C@H]1c1ccccc1. The molecular weight excluding hydrogens is 270 g/mol. The van der Waals surface area contributed by atoms with Crippen molar-refractivity contribution < 1.29 is 4.79 Å². The summed E-state index contributed by atoms with van der Waals surface area (Å²) in [6.07, 6.45) is 2.09. The van der Waals surface area contributed by atoms with Crippen molar-refractivity contribution in [2.45, 2.75) is 18.9 Å². The molecule has 1 atom stereocenters. The minimum absolute atomic E-state index is 0.0908. The van der Waals surface area contributed by atoms with Gasteiger partial charge >= 0.3 is 0 Å². The van der Waals surface area contributed by atoms with Crippen LogP contribution in [0.3, 0.4) is 0 Å². The fraction of sp³-hybridized carbons (Fsp3) is 0.235. The van der Waals surface area contributed by atoms with E-state index < -0.39 is 0 Å². The summed E-state index contributed by atoms with van der Waals surface area (Å²) in [5.41, 5.74) is 1.92. The summed E-state index contributed by atoms with van der Waals surface area (Å²) in [4.78, 5) is 14.6. The molecular formula is C17H16ClNO. The molecule has 1 aliphatic heterocycles. The lowest BCUT2D eigenvalue weighted by Crippen LogP contribution is -2.30. The van der Waals surface area contributed by atoms with Crippen LogP contribution < -0.4 is 0 Å². The van der Waals surface area contributed by atoms with Gasteiger partial charge in [0, 0.05) is 17.1 Å². The van der Waals surface area contributed by atoms with Gasteiger partial charge in [0.15, 0.2) is 0 Å². The van der Waals surface area contributed by atoms with Gasteiger partial charge in [-0.1, -0.05) is 41.9 Å². The van der Waals surface area contributed by atoms with Crippen LogP contribution in [0.25, 0.3) is 0 Å². The maximum absolute atomic E-state index is 12.6. The number of amides is 1. The van der Waals surface area contributed by atoms with Crippen molar-refractivity contribution in [1.29, 1.82) is 0 Å². The van der Waals surface area contributed by atoms with Crippen molar-refractivity contribution in [3.05, 3.63) is 70.7 Å². The Balaban J connectivity index is 1.85. The molecule has 0 spiro atoms. The van der Waals surface area contributed by atoms with Gasteiger partial charge < -0.3 is 4.90 Å². The lowest BCUT2D eigenvalue weighted by atomic mass is 10.0. The second-order valence-corrected chi connectivity index (χ2v) is 5.51. The molecule has 1 heterocycles. The number of carbonyl (C=O) groups is 1. The van der Waals surface area contributed by atoms with Gasteiger partial charge in [0.2, 0.25) is 0 Å². The van der Waals surface area contributed by atoms with E-state index in [0.29, 0.717) is 10.6 Å². The third-order valence-electron chi connectivity index (χ3n) is 3.79. The fourth-order valence-corrected chi connectivity index (χ4v) is 2.92. The Morgan fingerprint density at radius 3 is 2.45 bits per heavy atom. The van der Waals surface area contributed by atoms with Crippen molar-refractivity contribution in [3.8, 4) is 0 Å². The molecule has 2 nitrogen and oxygen atoms in total. The van der Waals surface area contributed by atoms with Gasteiger partial charge in [0.1, 0.15) is 0 Å². The standard InChI is InChI=1S/C17H16ClNO/c18-15-10-8-14(9-11-15)17(20)19-12-4-7-16(19)13-5-2-1-3-6-13/h1-3,5-6,8-11,16H,4,7,12H2/t16-/m0/s1. The van der Waals surface area contributed by atoms with E-state index >= 15 is 0 Å². The highest BCUT2D eigenvalue weighted by Crippen LogP contribution is 2.33. The fourth-order valence-electron chi connectivity index (χ4n) is 2.79. The summed E-state index contributed by atoms with van der Waals surface area (Å²) in [7, 11) is 0. The molecule has 1 aliphatic rings. The molecule has 2 aromatic rings. The molecule has 0 saturated carbocycles. The molecule has 1 amide bonds. The molecule has 0 aromatic heterocycles. The second-order valence-electron chi connectivity index (χ2n) is 5.07. The van der Waals surface area contributed by atoms with Crippen LogP contribution in [-0.4, -0.2) is 17.4 Å². The summed E-state index contributed by atoms with van der Waals surface area (Å²) in [5, 5.41) is 0.655. The molecule has 0 radical (unpaired) electrons. The second kappa shape index (κ2) is 5.68. The van der Waals surface area contributed by atoms with E-state index in [1.807, 2.05) is 23.1 Å². The summed E-state index contributed by atoms with van der Waals surface area (Å²) in [6.45, 7) is 0.820. The topological polar surface area (TPSA) is 20.3 Å². The molecule has 1 fully saturated rings. The van der Waals surface area contributed by atoms with Crippen LogP contribution in [0.5, 0.6) is 0 Å². The zero-order valence-corrected chi connectivity index (χ0v) is 11.9. The molecule has 0 aliphatic carbocycles. The highest BCUT2D eigenvalue weighted by molar-refractivity contribution is 6.30. The summed E-state index contributed by atoms with van der Waals surface area (Å²) < 4.78 is 0. The van der Waals surface area contributed by atoms with Gasteiger partial charge in [-0.25, -0.2) is 0 Å². The normalized spacial score (nSPS) is 18.2. The van der Waals surface area contributed by atoms with Crippen LogP contribution in [-0.2, 0) is 0 Å². The number of carbonyl (C=O) groups excluding carboxylic acids is 1. The Labute approximate surface area is 124 Å². The average Bonchev–Trinajstić information content (AvgIpc) is 2.97. The largest absolute Gasteiger partial charge is 0.332 e. The van der Waals surface area contributed by atoms with Crippen molar-refractivity contribution in [2.24, 2.45) is 0 Å². The van der Waals surface area contributed by atoms with Crippen molar-refractivity contribution in [2.75, 3.05) is 6.54 Å². The van der Waals surface area contributed by atoms with E-state index in [2.05, 4.69) is 12.1 Å². The molecule has 0 bridgehead atoms. The van der Waals surface area contributed by atoms with Crippen LogP contribution in [0, 0.1) is 0 Å². The minimum atomic E-state index is 0.0908. The first-order valence-corrected chi connectivity index (χ1v) is 7.25. The lowest BCUT2D eigenvalue weighted by Gasteiger charge is -2.25. The molecule has 1 saturated heterocycles. The maximum atomic E-state index is 12.6. The molecule has 102 valence electrons.